The third kappa shape index (κ3) is 2.57. The molecular weight excluding hydrogens is 260 g/mol. The first-order valence-corrected chi connectivity index (χ1v) is 7.27. The second kappa shape index (κ2) is 5.19. The fraction of sp³-hybridized carbons (Fsp3) is 0.357. The summed E-state index contributed by atoms with van der Waals surface area (Å²) >= 11 is 1.64. The van der Waals surface area contributed by atoms with Crippen LogP contribution in [0.15, 0.2) is 36.0 Å². The average molecular weight is 276 g/mol. The molecule has 1 saturated carbocycles. The first-order valence-electron chi connectivity index (χ1n) is 6.39. The van der Waals surface area contributed by atoms with Gasteiger partial charge in [0.2, 0.25) is 0 Å². The molecule has 4 nitrogen and oxygen atoms in total. The Hall–Kier alpha value is -1.59. The van der Waals surface area contributed by atoms with E-state index in [0.29, 0.717) is 11.5 Å². The number of hydrogen-bond acceptors (Lipinski definition) is 3. The van der Waals surface area contributed by atoms with E-state index in [1.54, 1.807) is 29.8 Å². The largest absolute Gasteiger partial charge is 0.393 e. The van der Waals surface area contributed by atoms with Gasteiger partial charge in [0.1, 0.15) is 0 Å². The minimum atomic E-state index is -0.211. The SMILES string of the molecule is O=C(N[C@@H](c1cccs1)C1CC(O)C1)c1cc[nH]c1. The van der Waals surface area contributed by atoms with Crippen LogP contribution < -0.4 is 5.32 Å². The molecule has 1 fully saturated rings. The highest BCUT2D eigenvalue weighted by atomic mass is 32.1. The molecule has 2 heterocycles. The van der Waals surface area contributed by atoms with Crippen LogP contribution in [0.4, 0.5) is 0 Å². The fourth-order valence-electron chi connectivity index (χ4n) is 2.48. The van der Waals surface area contributed by atoms with Gasteiger partial charge in [-0.05, 0) is 36.3 Å². The van der Waals surface area contributed by atoms with Gasteiger partial charge in [-0.15, -0.1) is 11.3 Å². The van der Waals surface area contributed by atoms with Crippen LogP contribution in [-0.2, 0) is 0 Å². The smallest absolute Gasteiger partial charge is 0.253 e. The minimum Gasteiger partial charge on any atom is -0.393 e. The normalized spacial score (nSPS) is 23.6. The highest BCUT2D eigenvalue weighted by Crippen LogP contribution is 2.39. The van der Waals surface area contributed by atoms with Gasteiger partial charge in [-0.1, -0.05) is 6.07 Å². The molecule has 0 bridgehead atoms. The lowest BCUT2D eigenvalue weighted by Crippen LogP contribution is -2.41. The average Bonchev–Trinajstić information content (AvgIpc) is 3.03. The van der Waals surface area contributed by atoms with Crippen LogP contribution >= 0.6 is 11.3 Å². The van der Waals surface area contributed by atoms with Gasteiger partial charge in [-0.3, -0.25) is 4.79 Å². The number of carbonyl (C=O) groups is 1. The van der Waals surface area contributed by atoms with Gasteiger partial charge in [-0.2, -0.15) is 0 Å². The summed E-state index contributed by atoms with van der Waals surface area (Å²) in [7, 11) is 0. The maximum atomic E-state index is 12.1. The van der Waals surface area contributed by atoms with E-state index in [1.165, 1.54) is 0 Å². The van der Waals surface area contributed by atoms with E-state index < -0.39 is 0 Å². The lowest BCUT2D eigenvalue weighted by molar-refractivity contribution is 0.0241. The molecule has 2 aromatic rings. The van der Waals surface area contributed by atoms with E-state index in [0.717, 1.165) is 17.7 Å². The number of hydrogen-bond donors (Lipinski definition) is 3. The molecule has 3 N–H and O–H groups in total. The Morgan fingerprint density at radius 1 is 1.47 bits per heavy atom. The Morgan fingerprint density at radius 2 is 2.32 bits per heavy atom. The zero-order valence-electron chi connectivity index (χ0n) is 10.4. The predicted molar refractivity (Wildman–Crippen MR) is 74.0 cm³/mol. The van der Waals surface area contributed by atoms with Crippen LogP contribution in [0.1, 0.15) is 34.1 Å². The van der Waals surface area contributed by atoms with Crippen LogP contribution in [-0.4, -0.2) is 22.1 Å². The molecule has 1 amide bonds. The summed E-state index contributed by atoms with van der Waals surface area (Å²) in [5, 5.41) is 14.6. The highest BCUT2D eigenvalue weighted by molar-refractivity contribution is 7.10. The standard InChI is InChI=1S/C14H16N2O2S/c17-11-6-10(7-11)13(12-2-1-5-19-12)16-14(18)9-3-4-15-8-9/h1-5,8,10-11,13,15,17H,6-7H2,(H,16,18)/t10?,11?,13-/m1/s1. The van der Waals surface area contributed by atoms with Crippen molar-refractivity contribution in [3.8, 4) is 0 Å². The molecule has 100 valence electrons. The molecule has 0 spiro atoms. The molecule has 5 heteroatoms. The maximum absolute atomic E-state index is 12.1. The van der Waals surface area contributed by atoms with Crippen molar-refractivity contribution in [3.05, 3.63) is 46.4 Å². The molecule has 1 atom stereocenters. The fourth-order valence-corrected chi connectivity index (χ4v) is 3.35. The van der Waals surface area contributed by atoms with Crippen molar-refractivity contribution in [2.45, 2.75) is 25.0 Å². The first kappa shape index (κ1) is 12.4. The Bertz CT molecular complexity index is 530. The molecule has 19 heavy (non-hydrogen) atoms. The number of aromatic nitrogens is 1. The summed E-state index contributed by atoms with van der Waals surface area (Å²) in [6, 6.07) is 5.80. The number of aliphatic hydroxyl groups is 1. The number of H-pyrrole nitrogens is 1. The summed E-state index contributed by atoms with van der Waals surface area (Å²) < 4.78 is 0. The minimum absolute atomic E-state index is 0.00537. The molecular formula is C14H16N2O2S. The van der Waals surface area contributed by atoms with E-state index in [4.69, 9.17) is 0 Å². The summed E-state index contributed by atoms with van der Waals surface area (Å²) in [5.41, 5.74) is 0.640. The number of rotatable bonds is 4. The second-order valence-corrected chi connectivity index (χ2v) is 5.93. The lowest BCUT2D eigenvalue weighted by Gasteiger charge is -2.37. The van der Waals surface area contributed by atoms with Crippen molar-refractivity contribution in [2.75, 3.05) is 0 Å². The summed E-state index contributed by atoms with van der Waals surface area (Å²) in [6.07, 6.45) is 4.74. The third-order valence-corrected chi connectivity index (χ3v) is 4.57. The maximum Gasteiger partial charge on any atom is 0.253 e. The van der Waals surface area contributed by atoms with Gasteiger partial charge in [0.25, 0.3) is 5.91 Å². The number of aliphatic hydroxyl groups excluding tert-OH is 1. The van der Waals surface area contributed by atoms with Crippen LogP contribution in [0.2, 0.25) is 0 Å². The Kier molecular flexibility index (Phi) is 3.40. The van der Waals surface area contributed by atoms with Crippen molar-refractivity contribution in [1.29, 1.82) is 0 Å². The molecule has 2 aromatic heterocycles. The van der Waals surface area contributed by atoms with Gasteiger partial charge in [0, 0.05) is 17.3 Å². The van der Waals surface area contributed by atoms with Crippen molar-refractivity contribution >= 4 is 17.2 Å². The van der Waals surface area contributed by atoms with Gasteiger partial charge in [0.15, 0.2) is 0 Å². The Labute approximate surface area is 115 Å². The summed E-state index contributed by atoms with van der Waals surface area (Å²) in [4.78, 5) is 16.2. The highest BCUT2D eigenvalue weighted by Gasteiger charge is 2.36. The van der Waals surface area contributed by atoms with E-state index in [1.807, 2.05) is 17.5 Å². The molecule has 0 saturated heterocycles. The predicted octanol–water partition coefficient (Wildman–Crippen LogP) is 2.32. The second-order valence-electron chi connectivity index (χ2n) is 4.95. The van der Waals surface area contributed by atoms with Gasteiger partial charge < -0.3 is 15.4 Å². The molecule has 0 aliphatic heterocycles. The quantitative estimate of drug-likeness (QED) is 0.802. The summed E-state index contributed by atoms with van der Waals surface area (Å²) in [5.74, 6) is 0.262. The molecule has 0 unspecified atom stereocenters. The van der Waals surface area contributed by atoms with Gasteiger partial charge in [-0.25, -0.2) is 0 Å². The molecule has 3 rings (SSSR count). The topological polar surface area (TPSA) is 65.1 Å². The van der Waals surface area contributed by atoms with Crippen LogP contribution in [0.3, 0.4) is 0 Å². The van der Waals surface area contributed by atoms with Crippen molar-refractivity contribution in [3.63, 3.8) is 0 Å². The third-order valence-electron chi connectivity index (χ3n) is 3.62. The van der Waals surface area contributed by atoms with Crippen LogP contribution in [0.5, 0.6) is 0 Å². The summed E-state index contributed by atoms with van der Waals surface area (Å²) in [6.45, 7) is 0. The number of thiophene rings is 1. The van der Waals surface area contributed by atoms with Gasteiger partial charge in [0.05, 0.1) is 17.7 Å². The van der Waals surface area contributed by atoms with E-state index in [9.17, 15) is 9.90 Å². The molecule has 1 aliphatic carbocycles. The van der Waals surface area contributed by atoms with E-state index in [-0.39, 0.29) is 18.1 Å². The van der Waals surface area contributed by atoms with Crippen LogP contribution in [0, 0.1) is 5.92 Å². The monoisotopic (exact) mass is 276 g/mol. The Morgan fingerprint density at radius 3 is 2.89 bits per heavy atom. The van der Waals surface area contributed by atoms with Crippen molar-refractivity contribution in [2.24, 2.45) is 5.92 Å². The van der Waals surface area contributed by atoms with E-state index in [2.05, 4.69) is 10.3 Å². The zero-order valence-corrected chi connectivity index (χ0v) is 11.2. The molecule has 0 aromatic carbocycles. The van der Waals surface area contributed by atoms with Crippen molar-refractivity contribution in [1.82, 2.24) is 10.3 Å². The number of nitrogens with one attached hydrogen (secondary N) is 2. The number of amides is 1. The first-order chi connectivity index (χ1) is 9.24. The molecule has 1 aliphatic rings. The van der Waals surface area contributed by atoms with Crippen LogP contribution in [0.25, 0.3) is 0 Å². The molecule has 0 radical (unpaired) electrons. The Balaban J connectivity index is 1.74. The lowest BCUT2D eigenvalue weighted by atomic mass is 9.76. The van der Waals surface area contributed by atoms with Gasteiger partial charge >= 0.3 is 0 Å². The van der Waals surface area contributed by atoms with E-state index >= 15 is 0 Å². The number of carbonyl (C=O) groups excluding carboxylic acids is 1. The zero-order chi connectivity index (χ0) is 13.2. The number of aromatic amines is 1. The van der Waals surface area contributed by atoms with Crippen molar-refractivity contribution < 1.29 is 9.90 Å².